The van der Waals surface area contributed by atoms with Crippen molar-refractivity contribution in [1.82, 2.24) is 4.90 Å². The van der Waals surface area contributed by atoms with Gasteiger partial charge in [-0.2, -0.15) is 0 Å². The molecule has 0 bridgehead atoms. The van der Waals surface area contributed by atoms with E-state index >= 15 is 0 Å². The van der Waals surface area contributed by atoms with Crippen molar-refractivity contribution < 1.29 is 4.79 Å². The number of hydrogen-bond donors (Lipinski definition) is 1. The maximum absolute atomic E-state index is 12.8. The number of carbonyl (C=O) groups excluding carboxylic acids is 1. The van der Waals surface area contributed by atoms with E-state index in [1.165, 1.54) is 0 Å². The predicted molar refractivity (Wildman–Crippen MR) is 78.2 cm³/mol. The number of rotatable bonds is 5. The first-order valence-electron chi connectivity index (χ1n) is 6.85. The molecule has 0 spiro atoms. The number of nitrogens with zero attached hydrogens (tertiary/aromatic N) is 1. The number of carbonyl (C=O) groups is 1. The predicted octanol–water partition coefficient (Wildman–Crippen LogP) is 2.42. The van der Waals surface area contributed by atoms with Crippen molar-refractivity contribution in [3.63, 3.8) is 0 Å². The summed E-state index contributed by atoms with van der Waals surface area (Å²) in [7, 11) is 0. The zero-order valence-electron chi connectivity index (χ0n) is 11.5. The molecule has 19 heavy (non-hydrogen) atoms. The van der Waals surface area contributed by atoms with Crippen LogP contribution in [0.4, 0.5) is 0 Å². The largest absolute Gasteiger partial charge is 0.342 e. The van der Waals surface area contributed by atoms with Crippen LogP contribution >= 0.6 is 11.6 Å². The molecule has 4 heteroatoms. The maximum atomic E-state index is 12.8. The number of likely N-dealkylation sites (N-methyl/N-ethyl adjacent to an activating group) is 1. The summed E-state index contributed by atoms with van der Waals surface area (Å²) in [4.78, 5) is 14.7. The van der Waals surface area contributed by atoms with Crippen LogP contribution in [0.1, 0.15) is 25.8 Å². The highest BCUT2D eigenvalue weighted by molar-refractivity contribution is 6.30. The van der Waals surface area contributed by atoms with Crippen molar-refractivity contribution in [2.45, 2.75) is 25.7 Å². The van der Waals surface area contributed by atoms with Crippen molar-refractivity contribution in [3.05, 3.63) is 34.9 Å². The fourth-order valence-electron chi connectivity index (χ4n) is 2.89. The molecule has 2 rings (SSSR count). The SMILES string of the molecule is CCN(CC)C(=O)[C@]1(c2ccc(Cl)cc2)C[C@@H]1CN. The summed E-state index contributed by atoms with van der Waals surface area (Å²) >= 11 is 5.93. The molecule has 3 nitrogen and oxygen atoms in total. The van der Waals surface area contributed by atoms with Gasteiger partial charge in [0.15, 0.2) is 0 Å². The second-order valence-electron chi connectivity index (χ2n) is 5.09. The first-order chi connectivity index (χ1) is 9.09. The highest BCUT2D eigenvalue weighted by Crippen LogP contribution is 2.55. The van der Waals surface area contributed by atoms with Crippen LogP contribution in [0.2, 0.25) is 5.02 Å². The van der Waals surface area contributed by atoms with Crippen LogP contribution in [0.25, 0.3) is 0 Å². The minimum Gasteiger partial charge on any atom is -0.342 e. The average molecular weight is 281 g/mol. The van der Waals surface area contributed by atoms with E-state index in [4.69, 9.17) is 17.3 Å². The molecule has 1 fully saturated rings. The second kappa shape index (κ2) is 5.51. The standard InChI is InChI=1S/C15H21ClN2O/c1-3-18(4-2)14(19)15(9-12(15)10-17)11-5-7-13(16)8-6-11/h5-8,12H,3-4,9-10,17H2,1-2H3/t12-,15+/m1/s1. The molecule has 0 aliphatic heterocycles. The molecule has 0 saturated heterocycles. The highest BCUT2D eigenvalue weighted by atomic mass is 35.5. The Morgan fingerprint density at radius 2 is 1.95 bits per heavy atom. The lowest BCUT2D eigenvalue weighted by atomic mass is 9.91. The Kier molecular flexibility index (Phi) is 4.16. The summed E-state index contributed by atoms with van der Waals surface area (Å²) in [6.45, 7) is 6.05. The van der Waals surface area contributed by atoms with E-state index in [0.29, 0.717) is 11.6 Å². The fraction of sp³-hybridized carbons (Fsp3) is 0.533. The van der Waals surface area contributed by atoms with Gasteiger partial charge in [-0.05, 0) is 50.4 Å². The van der Waals surface area contributed by atoms with Gasteiger partial charge >= 0.3 is 0 Å². The highest BCUT2D eigenvalue weighted by Gasteiger charge is 2.61. The van der Waals surface area contributed by atoms with Gasteiger partial charge in [0.2, 0.25) is 5.91 Å². The van der Waals surface area contributed by atoms with Crippen LogP contribution in [0, 0.1) is 5.92 Å². The molecule has 0 unspecified atom stereocenters. The van der Waals surface area contributed by atoms with E-state index in [-0.39, 0.29) is 11.8 Å². The van der Waals surface area contributed by atoms with Crippen molar-refractivity contribution in [2.24, 2.45) is 11.7 Å². The molecular formula is C15H21ClN2O. The Morgan fingerprint density at radius 3 is 2.37 bits per heavy atom. The Labute approximate surface area is 119 Å². The van der Waals surface area contributed by atoms with Gasteiger partial charge < -0.3 is 10.6 Å². The van der Waals surface area contributed by atoms with Crippen LogP contribution in [0.5, 0.6) is 0 Å². The molecule has 0 aromatic heterocycles. The molecular weight excluding hydrogens is 260 g/mol. The van der Waals surface area contributed by atoms with E-state index in [1.54, 1.807) is 0 Å². The fourth-order valence-corrected chi connectivity index (χ4v) is 3.02. The van der Waals surface area contributed by atoms with Gasteiger partial charge in [0.25, 0.3) is 0 Å². The molecule has 2 N–H and O–H groups in total. The third kappa shape index (κ3) is 2.37. The van der Waals surface area contributed by atoms with Crippen LogP contribution in [-0.4, -0.2) is 30.4 Å². The average Bonchev–Trinajstić information content (AvgIpc) is 3.16. The Bertz CT molecular complexity index is 456. The number of halogens is 1. The lowest BCUT2D eigenvalue weighted by Crippen LogP contribution is -2.40. The first kappa shape index (κ1) is 14.4. The quantitative estimate of drug-likeness (QED) is 0.900. The van der Waals surface area contributed by atoms with Crippen LogP contribution in [-0.2, 0) is 10.2 Å². The van der Waals surface area contributed by atoms with Crippen LogP contribution in [0.15, 0.2) is 24.3 Å². The van der Waals surface area contributed by atoms with Gasteiger partial charge in [0.05, 0.1) is 5.41 Å². The Balaban J connectivity index is 2.34. The summed E-state index contributed by atoms with van der Waals surface area (Å²) in [5.41, 5.74) is 6.43. The van der Waals surface area contributed by atoms with E-state index in [0.717, 1.165) is 25.1 Å². The first-order valence-corrected chi connectivity index (χ1v) is 7.23. The van der Waals surface area contributed by atoms with Gasteiger partial charge in [-0.1, -0.05) is 23.7 Å². The number of hydrogen-bond acceptors (Lipinski definition) is 2. The molecule has 1 amide bonds. The lowest BCUT2D eigenvalue weighted by molar-refractivity contribution is -0.134. The molecule has 1 aliphatic carbocycles. The molecule has 0 radical (unpaired) electrons. The monoisotopic (exact) mass is 280 g/mol. The molecule has 2 atom stereocenters. The summed E-state index contributed by atoms with van der Waals surface area (Å²) < 4.78 is 0. The Morgan fingerprint density at radius 1 is 1.37 bits per heavy atom. The van der Waals surface area contributed by atoms with Gasteiger partial charge in [-0.3, -0.25) is 4.79 Å². The van der Waals surface area contributed by atoms with Crippen molar-refractivity contribution in [1.29, 1.82) is 0 Å². The number of nitrogens with two attached hydrogens (primary N) is 1. The third-order valence-electron chi connectivity index (χ3n) is 4.18. The molecule has 1 aromatic rings. The van der Waals surface area contributed by atoms with Gasteiger partial charge in [-0.25, -0.2) is 0 Å². The second-order valence-corrected chi connectivity index (χ2v) is 5.53. The molecule has 0 heterocycles. The normalized spacial score (nSPS) is 25.2. The van der Waals surface area contributed by atoms with Gasteiger partial charge in [0.1, 0.15) is 0 Å². The van der Waals surface area contributed by atoms with E-state index in [9.17, 15) is 4.79 Å². The Hall–Kier alpha value is -1.06. The van der Waals surface area contributed by atoms with E-state index < -0.39 is 5.41 Å². The van der Waals surface area contributed by atoms with Gasteiger partial charge in [-0.15, -0.1) is 0 Å². The summed E-state index contributed by atoms with van der Waals surface area (Å²) in [6, 6.07) is 7.61. The third-order valence-corrected chi connectivity index (χ3v) is 4.43. The molecule has 1 aliphatic rings. The molecule has 1 saturated carbocycles. The van der Waals surface area contributed by atoms with Crippen LogP contribution in [0.3, 0.4) is 0 Å². The minimum atomic E-state index is -0.411. The number of amides is 1. The van der Waals surface area contributed by atoms with Crippen molar-refractivity contribution >= 4 is 17.5 Å². The molecule has 1 aromatic carbocycles. The summed E-state index contributed by atoms with van der Waals surface area (Å²) in [6.07, 6.45) is 0.848. The lowest BCUT2D eigenvalue weighted by Gasteiger charge is -2.26. The topological polar surface area (TPSA) is 46.3 Å². The van der Waals surface area contributed by atoms with Crippen molar-refractivity contribution in [2.75, 3.05) is 19.6 Å². The van der Waals surface area contributed by atoms with Crippen molar-refractivity contribution in [3.8, 4) is 0 Å². The van der Waals surface area contributed by atoms with Crippen LogP contribution < -0.4 is 5.73 Å². The molecule has 104 valence electrons. The van der Waals surface area contributed by atoms with Gasteiger partial charge in [0, 0.05) is 18.1 Å². The van der Waals surface area contributed by atoms with E-state index in [2.05, 4.69) is 0 Å². The maximum Gasteiger partial charge on any atom is 0.233 e. The summed E-state index contributed by atoms with van der Waals surface area (Å²) in [5.74, 6) is 0.456. The van der Waals surface area contributed by atoms with E-state index in [1.807, 2.05) is 43.0 Å². The summed E-state index contributed by atoms with van der Waals surface area (Å²) in [5, 5.41) is 0.694. The smallest absolute Gasteiger partial charge is 0.233 e. The zero-order valence-corrected chi connectivity index (χ0v) is 12.3. The number of benzene rings is 1. The minimum absolute atomic E-state index is 0.204. The zero-order chi connectivity index (χ0) is 14.0.